The van der Waals surface area contributed by atoms with Crippen molar-refractivity contribution in [1.29, 1.82) is 0 Å². The van der Waals surface area contributed by atoms with Crippen LogP contribution in [0.3, 0.4) is 0 Å². The Labute approximate surface area is 89.5 Å². The molecule has 15 heavy (non-hydrogen) atoms. The zero-order chi connectivity index (χ0) is 11.5. The first kappa shape index (κ1) is 11.4. The SMILES string of the molecule is CC(C)(C)N=CC(=O)c1ccc(O)cc1. The maximum atomic E-state index is 11.6. The summed E-state index contributed by atoms with van der Waals surface area (Å²) < 4.78 is 0. The molecular formula is C12H15NO2. The fraction of sp³-hybridized carbons (Fsp3) is 0.333. The second-order valence-electron chi connectivity index (χ2n) is 4.34. The highest BCUT2D eigenvalue weighted by Crippen LogP contribution is 2.10. The Morgan fingerprint density at radius 2 is 1.80 bits per heavy atom. The maximum absolute atomic E-state index is 11.6. The highest BCUT2D eigenvalue weighted by atomic mass is 16.3. The maximum Gasteiger partial charge on any atom is 0.203 e. The first-order chi connectivity index (χ1) is 6.88. The topological polar surface area (TPSA) is 49.7 Å². The number of ketones is 1. The number of hydrogen-bond acceptors (Lipinski definition) is 3. The summed E-state index contributed by atoms with van der Waals surface area (Å²) in [6.45, 7) is 5.77. The highest BCUT2D eigenvalue weighted by Gasteiger charge is 2.07. The van der Waals surface area contributed by atoms with Crippen LogP contribution in [0.25, 0.3) is 0 Å². The van der Waals surface area contributed by atoms with Gasteiger partial charge in [-0.25, -0.2) is 0 Å². The lowest BCUT2D eigenvalue weighted by atomic mass is 10.1. The van der Waals surface area contributed by atoms with Crippen LogP contribution in [0.2, 0.25) is 0 Å². The average Bonchev–Trinajstić information content (AvgIpc) is 2.14. The van der Waals surface area contributed by atoms with E-state index in [0.29, 0.717) is 5.56 Å². The molecule has 3 heteroatoms. The second kappa shape index (κ2) is 4.26. The first-order valence-electron chi connectivity index (χ1n) is 4.77. The predicted octanol–water partition coefficient (Wildman–Crippen LogP) is 2.44. The number of Topliss-reactive ketones (excluding diaryl/α,β-unsaturated/α-hetero) is 1. The zero-order valence-electron chi connectivity index (χ0n) is 9.19. The molecule has 0 saturated carbocycles. The second-order valence-corrected chi connectivity index (χ2v) is 4.34. The molecule has 0 aromatic heterocycles. The van der Waals surface area contributed by atoms with Crippen LogP contribution >= 0.6 is 0 Å². The zero-order valence-corrected chi connectivity index (χ0v) is 9.19. The minimum Gasteiger partial charge on any atom is -0.508 e. The van der Waals surface area contributed by atoms with Crippen LogP contribution in [0.15, 0.2) is 29.3 Å². The van der Waals surface area contributed by atoms with Crippen LogP contribution in [0.4, 0.5) is 0 Å². The van der Waals surface area contributed by atoms with Crippen molar-refractivity contribution >= 4 is 12.0 Å². The molecule has 80 valence electrons. The van der Waals surface area contributed by atoms with Gasteiger partial charge in [0.2, 0.25) is 5.78 Å². The van der Waals surface area contributed by atoms with Crippen molar-refractivity contribution in [3.8, 4) is 5.75 Å². The molecule has 0 unspecified atom stereocenters. The molecule has 0 heterocycles. The number of phenolic OH excluding ortho intramolecular Hbond substituents is 1. The van der Waals surface area contributed by atoms with E-state index in [2.05, 4.69) is 4.99 Å². The molecule has 1 aromatic carbocycles. The van der Waals surface area contributed by atoms with Crippen molar-refractivity contribution in [2.45, 2.75) is 26.3 Å². The third kappa shape index (κ3) is 3.94. The van der Waals surface area contributed by atoms with Crippen LogP contribution in [0, 0.1) is 0 Å². The standard InChI is InChI=1S/C12H15NO2/c1-12(2,3)13-8-11(15)9-4-6-10(14)7-5-9/h4-8,14H,1-3H3. The number of aliphatic imine (C=N–C) groups is 1. The Hall–Kier alpha value is -1.64. The number of phenols is 1. The summed E-state index contributed by atoms with van der Waals surface area (Å²) in [7, 11) is 0. The summed E-state index contributed by atoms with van der Waals surface area (Å²) in [5, 5.41) is 9.05. The summed E-state index contributed by atoms with van der Waals surface area (Å²) in [6.07, 6.45) is 1.33. The minimum absolute atomic E-state index is 0.148. The van der Waals surface area contributed by atoms with Gasteiger partial charge in [-0.1, -0.05) is 0 Å². The number of aromatic hydroxyl groups is 1. The molecule has 3 nitrogen and oxygen atoms in total. The molecule has 0 amide bonds. The summed E-state index contributed by atoms with van der Waals surface area (Å²) >= 11 is 0. The lowest BCUT2D eigenvalue weighted by Crippen LogP contribution is -2.12. The van der Waals surface area contributed by atoms with Gasteiger partial charge in [0.25, 0.3) is 0 Å². The third-order valence-electron chi connectivity index (χ3n) is 1.72. The van der Waals surface area contributed by atoms with Crippen LogP contribution < -0.4 is 0 Å². The molecule has 0 atom stereocenters. The largest absolute Gasteiger partial charge is 0.508 e. The number of nitrogens with zero attached hydrogens (tertiary/aromatic N) is 1. The van der Waals surface area contributed by atoms with Crippen LogP contribution in [0.5, 0.6) is 5.75 Å². The fourth-order valence-electron chi connectivity index (χ4n) is 0.953. The van der Waals surface area contributed by atoms with E-state index in [1.54, 1.807) is 12.1 Å². The molecular weight excluding hydrogens is 190 g/mol. The first-order valence-corrected chi connectivity index (χ1v) is 4.77. The Kier molecular flexibility index (Phi) is 3.24. The molecule has 1 aromatic rings. The molecule has 1 N–H and O–H groups in total. The van der Waals surface area contributed by atoms with Gasteiger partial charge >= 0.3 is 0 Å². The number of carbonyl (C=O) groups excluding carboxylic acids is 1. The van der Waals surface area contributed by atoms with Crippen molar-refractivity contribution in [3.63, 3.8) is 0 Å². The lowest BCUT2D eigenvalue weighted by Gasteiger charge is -2.10. The smallest absolute Gasteiger partial charge is 0.203 e. The summed E-state index contributed by atoms with van der Waals surface area (Å²) in [4.78, 5) is 15.7. The van der Waals surface area contributed by atoms with E-state index in [9.17, 15) is 4.79 Å². The third-order valence-corrected chi connectivity index (χ3v) is 1.72. The van der Waals surface area contributed by atoms with Crippen LogP contribution in [-0.2, 0) is 0 Å². The van der Waals surface area contributed by atoms with Crippen LogP contribution in [-0.4, -0.2) is 22.6 Å². The molecule has 0 radical (unpaired) electrons. The molecule has 0 fully saturated rings. The normalized spacial score (nSPS) is 11.9. The van der Waals surface area contributed by atoms with Gasteiger partial charge in [-0.15, -0.1) is 0 Å². The van der Waals surface area contributed by atoms with E-state index in [4.69, 9.17) is 5.11 Å². The summed E-state index contributed by atoms with van der Waals surface area (Å²) in [5.41, 5.74) is 0.285. The van der Waals surface area contributed by atoms with Gasteiger partial charge in [0.05, 0.1) is 11.8 Å². The van der Waals surface area contributed by atoms with Crippen LogP contribution in [0.1, 0.15) is 31.1 Å². The van der Waals surface area contributed by atoms with Gasteiger partial charge in [0.15, 0.2) is 0 Å². The number of hydrogen-bond donors (Lipinski definition) is 1. The Bertz CT molecular complexity index is 372. The van der Waals surface area contributed by atoms with E-state index in [1.165, 1.54) is 18.3 Å². The van der Waals surface area contributed by atoms with Gasteiger partial charge in [-0.3, -0.25) is 9.79 Å². The van der Waals surface area contributed by atoms with Gasteiger partial charge in [-0.2, -0.15) is 0 Å². The van der Waals surface area contributed by atoms with E-state index in [-0.39, 0.29) is 17.1 Å². The monoisotopic (exact) mass is 205 g/mol. The molecule has 1 rings (SSSR count). The molecule has 0 spiro atoms. The average molecular weight is 205 g/mol. The van der Waals surface area contributed by atoms with Crippen molar-refractivity contribution in [3.05, 3.63) is 29.8 Å². The van der Waals surface area contributed by atoms with E-state index >= 15 is 0 Å². The van der Waals surface area contributed by atoms with Crippen molar-refractivity contribution in [2.24, 2.45) is 4.99 Å². The van der Waals surface area contributed by atoms with Gasteiger partial charge in [0, 0.05) is 5.56 Å². The summed E-state index contributed by atoms with van der Waals surface area (Å²) in [6, 6.07) is 6.12. The quantitative estimate of drug-likeness (QED) is 0.595. The molecule has 0 saturated heterocycles. The Balaban J connectivity index is 2.78. The molecule has 0 aliphatic rings. The predicted molar refractivity (Wildman–Crippen MR) is 60.7 cm³/mol. The van der Waals surface area contributed by atoms with E-state index in [1.807, 2.05) is 20.8 Å². The van der Waals surface area contributed by atoms with Gasteiger partial charge in [0.1, 0.15) is 5.75 Å². The van der Waals surface area contributed by atoms with Gasteiger partial charge in [-0.05, 0) is 45.0 Å². The molecule has 0 aliphatic carbocycles. The molecule has 0 bridgehead atoms. The van der Waals surface area contributed by atoms with Gasteiger partial charge < -0.3 is 5.11 Å². The Morgan fingerprint density at radius 3 is 2.27 bits per heavy atom. The minimum atomic E-state index is -0.243. The highest BCUT2D eigenvalue weighted by molar-refractivity contribution is 6.35. The Morgan fingerprint density at radius 1 is 1.27 bits per heavy atom. The number of rotatable bonds is 2. The fourth-order valence-corrected chi connectivity index (χ4v) is 0.953. The summed E-state index contributed by atoms with van der Waals surface area (Å²) in [5.74, 6) is 0.00392. The van der Waals surface area contributed by atoms with Crippen molar-refractivity contribution in [2.75, 3.05) is 0 Å². The number of benzene rings is 1. The molecule has 0 aliphatic heterocycles. The van der Waals surface area contributed by atoms with E-state index < -0.39 is 0 Å². The van der Waals surface area contributed by atoms with E-state index in [0.717, 1.165) is 0 Å². The lowest BCUT2D eigenvalue weighted by molar-refractivity contribution is 0.107. The number of carbonyl (C=O) groups is 1. The van der Waals surface area contributed by atoms with Crippen molar-refractivity contribution in [1.82, 2.24) is 0 Å². The van der Waals surface area contributed by atoms with Crippen molar-refractivity contribution < 1.29 is 9.90 Å².